The van der Waals surface area contributed by atoms with Gasteiger partial charge in [-0.25, -0.2) is 0 Å². The van der Waals surface area contributed by atoms with Crippen LogP contribution >= 0.6 is 7.82 Å². The van der Waals surface area contributed by atoms with Gasteiger partial charge in [0.15, 0.2) is 0 Å². The van der Waals surface area contributed by atoms with Gasteiger partial charge in [-0.3, -0.25) is 9.36 Å². The molecule has 0 saturated heterocycles. The van der Waals surface area contributed by atoms with E-state index in [-0.39, 0.29) is 12.5 Å². The van der Waals surface area contributed by atoms with Gasteiger partial charge in [-0.05, 0) is 64.2 Å². The second kappa shape index (κ2) is 51.4. The Morgan fingerprint density at radius 3 is 1.25 bits per heavy atom. The number of likely N-dealkylation sites (N-methyl/N-ethyl adjacent to an activating group) is 1. The van der Waals surface area contributed by atoms with Crippen LogP contribution in [0.3, 0.4) is 0 Å². The summed E-state index contributed by atoms with van der Waals surface area (Å²) < 4.78 is 23.2. The van der Waals surface area contributed by atoms with Crippen molar-refractivity contribution in [3.63, 3.8) is 0 Å². The maximum absolute atomic E-state index is 12.9. The number of carbonyl (C=O) groups excluding carboxylic acids is 1. The summed E-state index contributed by atoms with van der Waals surface area (Å²) in [6.07, 6.45) is 68.2. The highest BCUT2D eigenvalue weighted by atomic mass is 31.2. The van der Waals surface area contributed by atoms with Gasteiger partial charge >= 0.3 is 0 Å². The minimum absolute atomic E-state index is 0.00875. The number of carbonyl (C=O) groups is 1. The smallest absolute Gasteiger partial charge is 0.268 e. The van der Waals surface area contributed by atoms with Crippen LogP contribution in [0.15, 0.2) is 48.6 Å². The Morgan fingerprint density at radius 2 is 0.855 bits per heavy atom. The molecule has 8 nitrogen and oxygen atoms in total. The Bertz CT molecular complexity index is 1260. The van der Waals surface area contributed by atoms with Gasteiger partial charge < -0.3 is 28.8 Å². The average molecular weight is 992 g/mol. The predicted molar refractivity (Wildman–Crippen MR) is 298 cm³/mol. The first-order chi connectivity index (χ1) is 33.5. The molecule has 3 unspecified atom stereocenters. The molecule has 0 fully saturated rings. The first-order valence-electron chi connectivity index (χ1n) is 29.5. The molecule has 0 aliphatic carbocycles. The SMILES string of the molecule is CC/C=C/CC/C=C/CC/C=C/C(O)C(COP(=O)([O-])OCC[N+](C)(C)C)NC(=O)CCCCCCCCCCCCCCCCCCCCCCCCCCC/C=C\CCCCCCCCCC. The standard InChI is InChI=1S/C60H115N2O6P/c1-6-8-10-12-14-16-18-19-20-21-22-23-24-25-26-27-28-29-30-31-32-33-34-35-36-37-38-39-40-41-42-43-44-46-48-50-52-54-60(64)61-58(57-68-69(65,66)67-56-55-62(3,4)5)59(63)53-51-49-47-45-17-15-13-11-9-7-2/h9,11,17,21-22,45,51,53,58-59,63H,6-8,10,12-16,18-20,23-44,46-50,52,54-57H2,1-5H3,(H-,61,64,65,66)/b11-9+,22-21-,45-17+,53-51+. The van der Waals surface area contributed by atoms with E-state index >= 15 is 0 Å². The molecule has 0 bridgehead atoms. The third-order valence-electron chi connectivity index (χ3n) is 13.3. The van der Waals surface area contributed by atoms with Crippen LogP contribution in [-0.4, -0.2) is 68.5 Å². The van der Waals surface area contributed by atoms with E-state index in [1.54, 1.807) is 6.08 Å². The second-order valence-corrected chi connectivity index (χ2v) is 22.7. The third-order valence-corrected chi connectivity index (χ3v) is 14.2. The van der Waals surface area contributed by atoms with Gasteiger partial charge in [0, 0.05) is 6.42 Å². The summed E-state index contributed by atoms with van der Waals surface area (Å²) in [6, 6.07) is -0.907. The zero-order valence-electron chi connectivity index (χ0n) is 46.3. The molecule has 9 heteroatoms. The number of aliphatic hydroxyl groups excluding tert-OH is 1. The number of phosphoric ester groups is 1. The number of phosphoric acid groups is 1. The van der Waals surface area contributed by atoms with E-state index in [2.05, 4.69) is 55.6 Å². The normalized spacial score (nSPS) is 14.2. The fraction of sp³-hybridized carbons (Fsp3) is 0.850. The van der Waals surface area contributed by atoms with Gasteiger partial charge in [-0.2, -0.15) is 0 Å². The summed E-state index contributed by atoms with van der Waals surface area (Å²) in [5, 5.41) is 13.7. The Kier molecular flexibility index (Phi) is 50.2. The summed E-state index contributed by atoms with van der Waals surface area (Å²) >= 11 is 0. The topological polar surface area (TPSA) is 108 Å². The zero-order chi connectivity index (χ0) is 50.6. The highest BCUT2D eigenvalue weighted by Crippen LogP contribution is 2.38. The van der Waals surface area contributed by atoms with Gasteiger partial charge in [0.1, 0.15) is 13.2 Å². The molecule has 0 aliphatic heterocycles. The van der Waals surface area contributed by atoms with Crippen molar-refractivity contribution in [3.8, 4) is 0 Å². The monoisotopic (exact) mass is 991 g/mol. The van der Waals surface area contributed by atoms with Crippen LogP contribution < -0.4 is 10.2 Å². The van der Waals surface area contributed by atoms with E-state index in [0.717, 1.165) is 51.4 Å². The summed E-state index contributed by atoms with van der Waals surface area (Å²) in [5.74, 6) is -0.210. The number of quaternary nitrogens is 1. The van der Waals surface area contributed by atoms with Crippen molar-refractivity contribution in [1.29, 1.82) is 0 Å². The van der Waals surface area contributed by atoms with Crippen molar-refractivity contribution >= 4 is 13.7 Å². The van der Waals surface area contributed by atoms with E-state index in [0.29, 0.717) is 17.4 Å². The molecule has 0 aromatic carbocycles. The van der Waals surface area contributed by atoms with Gasteiger partial charge in [-0.1, -0.05) is 255 Å². The Hall–Kier alpha value is -1.54. The number of hydrogen-bond donors (Lipinski definition) is 2. The summed E-state index contributed by atoms with van der Waals surface area (Å²) in [6.45, 7) is 4.51. The van der Waals surface area contributed by atoms with Crippen LogP contribution in [0.4, 0.5) is 0 Å². The van der Waals surface area contributed by atoms with Crippen LogP contribution in [0.25, 0.3) is 0 Å². The van der Waals surface area contributed by atoms with Gasteiger partial charge in [0.2, 0.25) is 5.91 Å². The van der Waals surface area contributed by atoms with Crippen LogP contribution in [0, 0.1) is 0 Å². The van der Waals surface area contributed by atoms with E-state index < -0.39 is 26.6 Å². The molecule has 0 aromatic heterocycles. The molecule has 0 aliphatic rings. The minimum atomic E-state index is -4.60. The first kappa shape index (κ1) is 67.5. The number of allylic oxidation sites excluding steroid dienone is 7. The number of rotatable bonds is 54. The fourth-order valence-corrected chi connectivity index (χ4v) is 9.38. The summed E-state index contributed by atoms with van der Waals surface area (Å²) in [7, 11) is 1.24. The lowest BCUT2D eigenvalue weighted by molar-refractivity contribution is -0.870. The molecule has 0 spiro atoms. The molecule has 0 heterocycles. The lowest BCUT2D eigenvalue weighted by Gasteiger charge is -2.29. The van der Waals surface area contributed by atoms with Gasteiger partial charge in [0.05, 0.1) is 39.9 Å². The van der Waals surface area contributed by atoms with Crippen molar-refractivity contribution in [2.45, 2.75) is 289 Å². The van der Waals surface area contributed by atoms with Gasteiger partial charge in [-0.15, -0.1) is 0 Å². The van der Waals surface area contributed by atoms with Crippen LogP contribution in [0.1, 0.15) is 277 Å². The number of unbranched alkanes of at least 4 members (excludes halogenated alkanes) is 35. The lowest BCUT2D eigenvalue weighted by atomic mass is 10.0. The molecule has 0 radical (unpaired) electrons. The highest BCUT2D eigenvalue weighted by molar-refractivity contribution is 7.45. The third kappa shape index (κ3) is 54.1. The van der Waals surface area contributed by atoms with Crippen molar-refractivity contribution in [2.75, 3.05) is 40.9 Å². The number of aliphatic hydroxyl groups is 1. The minimum Gasteiger partial charge on any atom is -0.756 e. The molecule has 406 valence electrons. The molecular formula is C60H115N2O6P. The van der Waals surface area contributed by atoms with Crippen LogP contribution in [-0.2, 0) is 18.4 Å². The zero-order valence-corrected chi connectivity index (χ0v) is 47.2. The molecule has 0 saturated carbocycles. The van der Waals surface area contributed by atoms with Crippen LogP contribution in [0.2, 0.25) is 0 Å². The number of nitrogens with zero attached hydrogens (tertiary/aromatic N) is 1. The van der Waals surface area contributed by atoms with E-state index in [9.17, 15) is 19.4 Å². The van der Waals surface area contributed by atoms with E-state index in [1.807, 2.05) is 27.2 Å². The van der Waals surface area contributed by atoms with Crippen molar-refractivity contribution < 1.29 is 32.9 Å². The molecule has 3 atom stereocenters. The van der Waals surface area contributed by atoms with E-state index in [1.165, 1.54) is 205 Å². The van der Waals surface area contributed by atoms with Crippen molar-refractivity contribution in [3.05, 3.63) is 48.6 Å². The number of hydrogen-bond acceptors (Lipinski definition) is 6. The summed E-state index contributed by atoms with van der Waals surface area (Å²) in [4.78, 5) is 25.4. The maximum atomic E-state index is 12.9. The molecule has 69 heavy (non-hydrogen) atoms. The maximum Gasteiger partial charge on any atom is 0.268 e. The summed E-state index contributed by atoms with van der Waals surface area (Å²) in [5.41, 5.74) is 0. The molecule has 1 amide bonds. The van der Waals surface area contributed by atoms with Gasteiger partial charge in [0.25, 0.3) is 7.82 Å². The lowest BCUT2D eigenvalue weighted by Crippen LogP contribution is -2.45. The Labute approximate surface area is 429 Å². The van der Waals surface area contributed by atoms with Crippen molar-refractivity contribution in [2.24, 2.45) is 0 Å². The molecule has 2 N–H and O–H groups in total. The Balaban J connectivity index is 3.85. The second-order valence-electron chi connectivity index (χ2n) is 21.3. The number of nitrogens with one attached hydrogen (secondary N) is 1. The molecular weight excluding hydrogens is 876 g/mol. The van der Waals surface area contributed by atoms with Crippen LogP contribution in [0.5, 0.6) is 0 Å². The fourth-order valence-electron chi connectivity index (χ4n) is 8.66. The number of amides is 1. The highest BCUT2D eigenvalue weighted by Gasteiger charge is 2.23. The largest absolute Gasteiger partial charge is 0.756 e. The van der Waals surface area contributed by atoms with E-state index in [4.69, 9.17) is 9.05 Å². The predicted octanol–water partition coefficient (Wildman–Crippen LogP) is 17.3. The quantitative estimate of drug-likeness (QED) is 0.0272. The van der Waals surface area contributed by atoms with Crippen molar-refractivity contribution in [1.82, 2.24) is 5.32 Å². The molecule has 0 rings (SSSR count). The first-order valence-corrected chi connectivity index (χ1v) is 31.0. The molecule has 0 aromatic rings. The Morgan fingerprint density at radius 1 is 0.507 bits per heavy atom. The average Bonchev–Trinajstić information content (AvgIpc) is 3.31.